The summed E-state index contributed by atoms with van der Waals surface area (Å²) in [7, 11) is 0. The van der Waals surface area contributed by atoms with Crippen molar-refractivity contribution in [1.82, 2.24) is 0 Å². The first-order valence-electron chi connectivity index (χ1n) is 11.3. The van der Waals surface area contributed by atoms with Gasteiger partial charge >= 0.3 is 18.4 Å². The van der Waals surface area contributed by atoms with Crippen molar-refractivity contribution in [3.63, 3.8) is 0 Å². The fourth-order valence-corrected chi connectivity index (χ4v) is 4.47. The minimum Gasteiger partial charge on any atom is -0.481 e. The number of aliphatic carboxylic acids is 1. The van der Waals surface area contributed by atoms with Gasteiger partial charge in [0.15, 0.2) is 11.5 Å². The van der Waals surface area contributed by atoms with E-state index in [9.17, 15) is 36.6 Å². The molecule has 194 valence electrons. The molecule has 11 heteroatoms. The summed E-state index contributed by atoms with van der Waals surface area (Å²) in [5.41, 5.74) is 1.32. The molecule has 0 radical (unpaired) electrons. The molecule has 1 aliphatic carbocycles. The van der Waals surface area contributed by atoms with Crippen molar-refractivity contribution in [3.05, 3.63) is 53.1 Å². The van der Waals surface area contributed by atoms with Crippen LogP contribution in [0, 0.1) is 18.8 Å². The quantitative estimate of drug-likeness (QED) is 0.411. The highest BCUT2D eigenvalue weighted by Crippen LogP contribution is 2.47. The van der Waals surface area contributed by atoms with E-state index in [0.29, 0.717) is 11.1 Å². The van der Waals surface area contributed by atoms with Crippen LogP contribution < -0.4 is 14.8 Å². The second-order valence-corrected chi connectivity index (χ2v) is 9.29. The van der Waals surface area contributed by atoms with E-state index >= 15 is 0 Å². The lowest BCUT2D eigenvalue weighted by Crippen LogP contribution is -2.34. The molecule has 1 aliphatic heterocycles. The van der Waals surface area contributed by atoms with Gasteiger partial charge in [-0.25, -0.2) is 0 Å². The number of ether oxygens (including phenoxy) is 2. The summed E-state index contributed by atoms with van der Waals surface area (Å²) in [6.45, 7) is 2.50. The van der Waals surface area contributed by atoms with E-state index < -0.39 is 41.9 Å². The molecular weight excluding hydrogens is 489 g/mol. The number of hydrogen-bond acceptors (Lipinski definition) is 4. The van der Waals surface area contributed by atoms with E-state index in [0.717, 1.165) is 38.0 Å². The van der Waals surface area contributed by atoms with Gasteiger partial charge in [-0.3, -0.25) is 9.59 Å². The number of alkyl halides is 5. The molecular formula is C25H24F5NO5. The van der Waals surface area contributed by atoms with Crippen molar-refractivity contribution in [2.75, 3.05) is 5.32 Å². The summed E-state index contributed by atoms with van der Waals surface area (Å²) in [6.07, 6.45) is -7.07. The van der Waals surface area contributed by atoms with Crippen LogP contribution in [0.15, 0.2) is 36.4 Å². The molecule has 36 heavy (non-hydrogen) atoms. The van der Waals surface area contributed by atoms with E-state index in [-0.39, 0.29) is 35.3 Å². The number of halogens is 5. The maximum atomic E-state index is 13.7. The Kier molecular flexibility index (Phi) is 6.61. The van der Waals surface area contributed by atoms with Crippen molar-refractivity contribution >= 4 is 17.6 Å². The average Bonchev–Trinajstić information content (AvgIpc) is 3.55. The van der Waals surface area contributed by atoms with Gasteiger partial charge in [-0.1, -0.05) is 25.1 Å². The number of hydrogen-bond donors (Lipinski definition) is 2. The SMILES string of the molecule is Cc1ccc(C(CC(=O)O)C2CC2)cc1NC(=O)C(c1ccc2c(c1)OC(F)(F)O2)C(C)C(F)(F)F. The summed E-state index contributed by atoms with van der Waals surface area (Å²) in [5.74, 6) is -6.81. The van der Waals surface area contributed by atoms with Crippen LogP contribution in [0.3, 0.4) is 0 Å². The van der Waals surface area contributed by atoms with Crippen LogP contribution in [0.5, 0.6) is 11.5 Å². The molecule has 2 N–H and O–H groups in total. The molecule has 0 bridgehead atoms. The molecule has 2 aromatic rings. The number of benzene rings is 2. The molecule has 0 saturated heterocycles. The van der Waals surface area contributed by atoms with E-state index in [1.807, 2.05) is 0 Å². The van der Waals surface area contributed by atoms with Crippen LogP contribution >= 0.6 is 0 Å². The molecule has 1 amide bonds. The van der Waals surface area contributed by atoms with Crippen LogP contribution in [0.25, 0.3) is 0 Å². The van der Waals surface area contributed by atoms with Crippen LogP contribution in [0.2, 0.25) is 0 Å². The molecule has 0 aromatic heterocycles. The number of carboxylic acids is 1. The lowest BCUT2D eigenvalue weighted by atomic mass is 9.85. The molecule has 2 aliphatic rings. The third kappa shape index (κ3) is 5.55. The van der Waals surface area contributed by atoms with Crippen molar-refractivity contribution in [2.45, 2.75) is 57.4 Å². The monoisotopic (exact) mass is 513 g/mol. The van der Waals surface area contributed by atoms with E-state index in [4.69, 9.17) is 0 Å². The second-order valence-electron chi connectivity index (χ2n) is 9.29. The number of fused-ring (bicyclic) bond motifs is 1. The van der Waals surface area contributed by atoms with E-state index in [2.05, 4.69) is 14.8 Å². The fourth-order valence-electron chi connectivity index (χ4n) is 4.47. The van der Waals surface area contributed by atoms with Gasteiger partial charge in [0.1, 0.15) is 0 Å². The Morgan fingerprint density at radius 2 is 1.72 bits per heavy atom. The number of carbonyl (C=O) groups is 2. The van der Waals surface area contributed by atoms with E-state index in [1.54, 1.807) is 25.1 Å². The first-order chi connectivity index (χ1) is 16.7. The zero-order valence-electron chi connectivity index (χ0n) is 19.4. The third-order valence-corrected chi connectivity index (χ3v) is 6.62. The van der Waals surface area contributed by atoms with Gasteiger partial charge in [0.2, 0.25) is 5.91 Å². The average molecular weight is 513 g/mol. The highest BCUT2D eigenvalue weighted by atomic mass is 19.4. The topological polar surface area (TPSA) is 84.9 Å². The summed E-state index contributed by atoms with van der Waals surface area (Å²) >= 11 is 0. The molecule has 1 fully saturated rings. The minimum atomic E-state index is -4.77. The first kappa shape index (κ1) is 25.7. The van der Waals surface area contributed by atoms with Gasteiger partial charge in [0, 0.05) is 5.69 Å². The largest absolute Gasteiger partial charge is 0.586 e. The van der Waals surface area contributed by atoms with Crippen LogP contribution in [0.1, 0.15) is 54.7 Å². The maximum Gasteiger partial charge on any atom is 0.586 e. The van der Waals surface area contributed by atoms with Gasteiger partial charge in [-0.15, -0.1) is 8.78 Å². The summed E-state index contributed by atoms with van der Waals surface area (Å²) in [5, 5.41) is 11.8. The highest BCUT2D eigenvalue weighted by molar-refractivity contribution is 5.97. The Morgan fingerprint density at radius 3 is 2.33 bits per heavy atom. The molecule has 3 unspecified atom stereocenters. The first-order valence-corrected chi connectivity index (χ1v) is 11.3. The van der Waals surface area contributed by atoms with Crippen molar-refractivity contribution in [2.24, 2.45) is 11.8 Å². The van der Waals surface area contributed by atoms with Crippen molar-refractivity contribution in [1.29, 1.82) is 0 Å². The number of amides is 1. The molecule has 0 spiro atoms. The highest BCUT2D eigenvalue weighted by Gasteiger charge is 2.47. The van der Waals surface area contributed by atoms with Gasteiger partial charge < -0.3 is 19.9 Å². The Morgan fingerprint density at radius 1 is 1.08 bits per heavy atom. The lowest BCUT2D eigenvalue weighted by molar-refractivity contribution is -0.286. The maximum absolute atomic E-state index is 13.7. The number of nitrogens with one attached hydrogen (secondary N) is 1. The van der Waals surface area contributed by atoms with Crippen LogP contribution in [-0.2, 0) is 9.59 Å². The molecule has 1 saturated carbocycles. The summed E-state index contributed by atoms with van der Waals surface area (Å²) in [6, 6.07) is 8.12. The normalized spacial score (nSPS) is 18.9. The van der Waals surface area contributed by atoms with Crippen molar-refractivity contribution in [3.8, 4) is 11.5 Å². The number of carboxylic acid groups (broad SMARTS) is 1. The Labute approximate surface area is 203 Å². The third-order valence-electron chi connectivity index (χ3n) is 6.62. The Balaban J connectivity index is 1.65. The Bertz CT molecular complexity index is 1180. The standard InChI is InChI=1S/C25H24F5NO5/c1-12-3-4-15(17(11-21(32)33)14-5-6-14)9-18(12)31-23(34)22(13(2)24(26,27)28)16-7-8-19-20(10-16)36-25(29,30)35-19/h3-4,7-10,13-14,17,22H,5-6,11H2,1-2H3,(H,31,34)(H,32,33). The predicted octanol–water partition coefficient (Wildman–Crippen LogP) is 6.21. The second kappa shape index (κ2) is 9.25. The lowest BCUT2D eigenvalue weighted by Gasteiger charge is -2.26. The van der Waals surface area contributed by atoms with Gasteiger partial charge in [-0.05, 0) is 66.5 Å². The molecule has 4 rings (SSSR count). The molecule has 6 nitrogen and oxygen atoms in total. The number of carbonyl (C=O) groups excluding carboxylic acids is 1. The summed E-state index contributed by atoms with van der Waals surface area (Å²) < 4.78 is 76.7. The van der Waals surface area contributed by atoms with E-state index in [1.165, 1.54) is 0 Å². The Hall–Kier alpha value is -3.37. The summed E-state index contributed by atoms with van der Waals surface area (Å²) in [4.78, 5) is 24.6. The van der Waals surface area contributed by atoms with Crippen LogP contribution in [0.4, 0.5) is 27.6 Å². The zero-order valence-corrected chi connectivity index (χ0v) is 19.4. The van der Waals surface area contributed by atoms with Gasteiger partial charge in [-0.2, -0.15) is 13.2 Å². The number of anilines is 1. The van der Waals surface area contributed by atoms with Gasteiger partial charge in [0.25, 0.3) is 0 Å². The molecule has 2 aromatic carbocycles. The zero-order chi connectivity index (χ0) is 26.4. The van der Waals surface area contributed by atoms with Crippen molar-refractivity contribution < 1.29 is 46.1 Å². The number of rotatable bonds is 8. The smallest absolute Gasteiger partial charge is 0.481 e. The molecule has 1 heterocycles. The minimum absolute atomic E-state index is 0.101. The molecule has 3 atom stereocenters. The number of aryl methyl sites for hydroxylation is 1. The van der Waals surface area contributed by atoms with Crippen LogP contribution in [-0.4, -0.2) is 29.5 Å². The predicted molar refractivity (Wildman–Crippen MR) is 118 cm³/mol. The fraction of sp³-hybridized carbons (Fsp3) is 0.440. The van der Waals surface area contributed by atoms with Gasteiger partial charge in [0.05, 0.1) is 18.3 Å².